The first kappa shape index (κ1) is 17.4. The Morgan fingerprint density at radius 2 is 1.88 bits per heavy atom. The minimum Gasteiger partial charge on any atom is -0.465 e. The minimum atomic E-state index is -1.03. The SMILES string of the molecule is CN(Cc1nc(-c2ccccc2F)c(Sc2ccccc2)s1)C(=O)O. The number of hydrogen-bond acceptors (Lipinski definition) is 4. The molecule has 0 spiro atoms. The number of aromatic nitrogens is 1. The number of benzene rings is 2. The van der Waals surface area contributed by atoms with E-state index in [1.54, 1.807) is 18.2 Å². The Balaban J connectivity index is 2.00. The molecule has 3 rings (SSSR count). The second kappa shape index (κ2) is 7.67. The number of carbonyl (C=O) groups is 1. The third-order valence-electron chi connectivity index (χ3n) is 3.42. The van der Waals surface area contributed by atoms with Gasteiger partial charge in [-0.25, -0.2) is 14.2 Å². The van der Waals surface area contributed by atoms with Crippen molar-refractivity contribution in [2.24, 2.45) is 0 Å². The van der Waals surface area contributed by atoms with E-state index < -0.39 is 6.09 Å². The standard InChI is InChI=1S/C18H15FN2O2S2/c1-21(18(22)23)11-15-20-16(13-9-5-6-10-14(13)19)17(25-15)24-12-7-3-2-4-8-12/h2-10H,11H2,1H3,(H,22,23). The zero-order valence-corrected chi connectivity index (χ0v) is 15.0. The second-order valence-electron chi connectivity index (χ2n) is 5.28. The van der Waals surface area contributed by atoms with Crippen molar-refractivity contribution < 1.29 is 14.3 Å². The predicted molar refractivity (Wildman–Crippen MR) is 97.6 cm³/mol. The van der Waals surface area contributed by atoms with Crippen molar-refractivity contribution >= 4 is 29.2 Å². The van der Waals surface area contributed by atoms with Gasteiger partial charge in [0, 0.05) is 17.5 Å². The Hall–Kier alpha value is -2.38. The number of amides is 1. The van der Waals surface area contributed by atoms with Gasteiger partial charge in [0.2, 0.25) is 0 Å². The minimum absolute atomic E-state index is 0.163. The molecule has 3 aromatic rings. The van der Waals surface area contributed by atoms with E-state index in [4.69, 9.17) is 5.11 Å². The van der Waals surface area contributed by atoms with Crippen LogP contribution in [0.2, 0.25) is 0 Å². The summed E-state index contributed by atoms with van der Waals surface area (Å²) in [5.41, 5.74) is 0.965. The molecule has 0 saturated carbocycles. The summed E-state index contributed by atoms with van der Waals surface area (Å²) in [7, 11) is 1.48. The first-order valence-electron chi connectivity index (χ1n) is 7.46. The highest BCUT2D eigenvalue weighted by molar-refractivity contribution is 8.01. The van der Waals surface area contributed by atoms with E-state index in [2.05, 4.69) is 4.98 Å². The van der Waals surface area contributed by atoms with Crippen LogP contribution in [0.15, 0.2) is 63.7 Å². The molecule has 128 valence electrons. The van der Waals surface area contributed by atoms with Crippen molar-refractivity contribution in [1.29, 1.82) is 0 Å². The fraction of sp³-hybridized carbons (Fsp3) is 0.111. The molecule has 25 heavy (non-hydrogen) atoms. The maximum atomic E-state index is 14.2. The van der Waals surface area contributed by atoms with Crippen molar-refractivity contribution in [2.75, 3.05) is 7.05 Å². The highest BCUT2D eigenvalue weighted by Crippen LogP contribution is 2.41. The quantitative estimate of drug-likeness (QED) is 0.666. The summed E-state index contributed by atoms with van der Waals surface area (Å²) < 4.78 is 15.1. The lowest BCUT2D eigenvalue weighted by Gasteiger charge is -2.09. The molecular formula is C18H15FN2O2S2. The molecule has 4 nitrogen and oxygen atoms in total. The van der Waals surface area contributed by atoms with Crippen LogP contribution in [0.25, 0.3) is 11.3 Å². The molecule has 2 aromatic carbocycles. The first-order valence-corrected chi connectivity index (χ1v) is 9.09. The molecule has 1 heterocycles. The fourth-order valence-electron chi connectivity index (χ4n) is 2.17. The molecule has 0 bridgehead atoms. The zero-order valence-electron chi connectivity index (χ0n) is 13.3. The number of nitrogens with zero attached hydrogens (tertiary/aromatic N) is 2. The first-order chi connectivity index (χ1) is 12.0. The molecule has 7 heteroatoms. The Morgan fingerprint density at radius 3 is 2.56 bits per heavy atom. The predicted octanol–water partition coefficient (Wildman–Crippen LogP) is 5.21. The second-order valence-corrected chi connectivity index (χ2v) is 7.70. The van der Waals surface area contributed by atoms with Crippen LogP contribution < -0.4 is 0 Å². The summed E-state index contributed by atoms with van der Waals surface area (Å²) in [5.74, 6) is -0.346. The van der Waals surface area contributed by atoms with Gasteiger partial charge in [0.25, 0.3) is 0 Å². The van der Waals surface area contributed by atoms with Gasteiger partial charge in [-0.1, -0.05) is 42.1 Å². The summed E-state index contributed by atoms with van der Waals surface area (Å²) in [4.78, 5) is 17.7. The van der Waals surface area contributed by atoms with Gasteiger partial charge in [-0.2, -0.15) is 0 Å². The van der Waals surface area contributed by atoms with Gasteiger partial charge in [0.05, 0.1) is 16.4 Å². The Morgan fingerprint density at radius 1 is 1.20 bits per heavy atom. The molecular weight excluding hydrogens is 359 g/mol. The topological polar surface area (TPSA) is 53.4 Å². The van der Waals surface area contributed by atoms with E-state index >= 15 is 0 Å². The third kappa shape index (κ3) is 4.18. The number of halogens is 1. The van der Waals surface area contributed by atoms with E-state index in [1.165, 1.54) is 36.2 Å². The molecule has 0 unspecified atom stereocenters. The number of carboxylic acid groups (broad SMARTS) is 1. The zero-order chi connectivity index (χ0) is 17.8. The largest absolute Gasteiger partial charge is 0.465 e. The Bertz CT molecular complexity index is 884. The van der Waals surface area contributed by atoms with E-state index in [9.17, 15) is 9.18 Å². The van der Waals surface area contributed by atoms with Crippen molar-refractivity contribution in [3.63, 3.8) is 0 Å². The van der Waals surface area contributed by atoms with Crippen molar-refractivity contribution in [1.82, 2.24) is 9.88 Å². The van der Waals surface area contributed by atoms with Crippen LogP contribution in [-0.2, 0) is 6.54 Å². The maximum absolute atomic E-state index is 14.2. The van der Waals surface area contributed by atoms with Crippen molar-refractivity contribution in [3.8, 4) is 11.3 Å². The summed E-state index contributed by atoms with van der Waals surface area (Å²) in [6, 6.07) is 16.2. The van der Waals surface area contributed by atoms with E-state index in [0.29, 0.717) is 16.3 Å². The van der Waals surface area contributed by atoms with E-state index in [0.717, 1.165) is 14.0 Å². The molecule has 0 aliphatic heterocycles. The molecule has 0 aliphatic carbocycles. The molecule has 1 N–H and O–H groups in total. The van der Waals surface area contributed by atoms with Crippen LogP contribution in [0.3, 0.4) is 0 Å². The fourth-order valence-corrected chi connectivity index (χ4v) is 4.54. The highest BCUT2D eigenvalue weighted by Gasteiger charge is 2.19. The summed E-state index contributed by atoms with van der Waals surface area (Å²) in [6.07, 6.45) is -1.03. The van der Waals surface area contributed by atoms with Crippen molar-refractivity contribution in [2.45, 2.75) is 15.6 Å². The van der Waals surface area contributed by atoms with Gasteiger partial charge < -0.3 is 10.0 Å². The van der Waals surface area contributed by atoms with Crippen LogP contribution in [-0.4, -0.2) is 28.1 Å². The molecule has 1 aromatic heterocycles. The Kier molecular flexibility index (Phi) is 5.35. The van der Waals surface area contributed by atoms with Crippen LogP contribution in [0.1, 0.15) is 5.01 Å². The molecule has 0 saturated heterocycles. The van der Waals surface area contributed by atoms with Gasteiger partial charge in [-0.05, 0) is 24.3 Å². The van der Waals surface area contributed by atoms with E-state index in [-0.39, 0.29) is 12.4 Å². The highest BCUT2D eigenvalue weighted by atomic mass is 32.2. The molecule has 1 amide bonds. The van der Waals surface area contributed by atoms with Gasteiger partial charge in [-0.3, -0.25) is 0 Å². The number of rotatable bonds is 5. The van der Waals surface area contributed by atoms with Crippen LogP contribution >= 0.6 is 23.1 Å². The van der Waals surface area contributed by atoms with Crippen LogP contribution in [0, 0.1) is 5.82 Å². The van der Waals surface area contributed by atoms with Gasteiger partial charge >= 0.3 is 6.09 Å². The molecule has 0 fully saturated rings. The lowest BCUT2D eigenvalue weighted by molar-refractivity contribution is 0.153. The average Bonchev–Trinajstić information content (AvgIpc) is 2.98. The van der Waals surface area contributed by atoms with Gasteiger partial charge in [0.15, 0.2) is 0 Å². The normalized spacial score (nSPS) is 10.6. The lowest BCUT2D eigenvalue weighted by Crippen LogP contribution is -2.23. The Labute approximate surface area is 153 Å². The average molecular weight is 374 g/mol. The van der Waals surface area contributed by atoms with E-state index in [1.807, 2.05) is 30.3 Å². The van der Waals surface area contributed by atoms with Gasteiger partial charge in [0.1, 0.15) is 10.8 Å². The van der Waals surface area contributed by atoms with Crippen LogP contribution in [0.4, 0.5) is 9.18 Å². The summed E-state index contributed by atoms with van der Waals surface area (Å²) in [6.45, 7) is 0.163. The lowest BCUT2D eigenvalue weighted by atomic mass is 10.1. The smallest absolute Gasteiger partial charge is 0.407 e. The molecule has 0 radical (unpaired) electrons. The van der Waals surface area contributed by atoms with Crippen LogP contribution in [0.5, 0.6) is 0 Å². The summed E-state index contributed by atoms with van der Waals surface area (Å²) >= 11 is 2.88. The van der Waals surface area contributed by atoms with Gasteiger partial charge in [-0.15, -0.1) is 11.3 Å². The number of hydrogen-bond donors (Lipinski definition) is 1. The third-order valence-corrected chi connectivity index (χ3v) is 5.64. The molecule has 0 atom stereocenters. The summed E-state index contributed by atoms with van der Waals surface area (Å²) in [5, 5.41) is 9.68. The van der Waals surface area contributed by atoms with Crippen molar-refractivity contribution in [3.05, 3.63) is 65.4 Å². The maximum Gasteiger partial charge on any atom is 0.407 e. The molecule has 0 aliphatic rings. The number of thiazole rings is 1. The monoisotopic (exact) mass is 374 g/mol.